The van der Waals surface area contributed by atoms with E-state index in [4.69, 9.17) is 16.5 Å². The number of hydrogen-bond acceptors (Lipinski definition) is 4. The fraction of sp³-hybridized carbons (Fsp3) is 0.0137. The number of fused-ring (bicyclic) bond motifs is 21. The fourth-order valence-electron chi connectivity index (χ4n) is 14.2. The molecular formula is C73H40N8S. The second-order valence-electron chi connectivity index (χ2n) is 21.5. The van der Waals surface area contributed by atoms with Crippen LogP contribution in [0.2, 0.25) is 0 Å². The van der Waals surface area contributed by atoms with Gasteiger partial charge in [-0.15, -0.1) is 0 Å². The van der Waals surface area contributed by atoms with E-state index in [2.05, 4.69) is 235 Å². The summed E-state index contributed by atoms with van der Waals surface area (Å²) in [4.78, 5) is 17.3. The molecule has 9 heteroatoms. The number of nitrogens with zero attached hydrogens (tertiary/aromatic N) is 8. The van der Waals surface area contributed by atoms with Crippen molar-refractivity contribution in [2.24, 2.45) is 0 Å². The Morgan fingerprint density at radius 2 is 0.732 bits per heavy atom. The van der Waals surface area contributed by atoms with Gasteiger partial charge >= 0.3 is 0 Å². The van der Waals surface area contributed by atoms with Gasteiger partial charge in [0.05, 0.1) is 103 Å². The van der Waals surface area contributed by atoms with E-state index in [1.165, 1.54) is 21.5 Å². The van der Waals surface area contributed by atoms with Gasteiger partial charge in [-0.25, -0.2) is 4.85 Å². The molecule has 10 aromatic carbocycles. The zero-order valence-electron chi connectivity index (χ0n) is 43.6. The molecule has 1 spiro atoms. The minimum Gasteiger partial charge on any atom is -0.309 e. The van der Waals surface area contributed by atoms with Gasteiger partial charge in [-0.05, 0) is 120 Å². The van der Waals surface area contributed by atoms with Crippen molar-refractivity contribution in [1.29, 1.82) is 5.26 Å². The molecule has 378 valence electrons. The predicted octanol–water partition coefficient (Wildman–Crippen LogP) is 18.1. The van der Waals surface area contributed by atoms with Crippen LogP contribution >= 0.6 is 11.8 Å². The van der Waals surface area contributed by atoms with Gasteiger partial charge in [0.2, 0.25) is 0 Å². The zero-order valence-corrected chi connectivity index (χ0v) is 44.4. The molecule has 1 aliphatic heterocycles. The minimum atomic E-state index is -0.950. The summed E-state index contributed by atoms with van der Waals surface area (Å²) in [7, 11) is 0. The number of para-hydroxylation sites is 6. The number of hydrogen-bond donors (Lipinski definition) is 0. The monoisotopic (exact) mass is 1060 g/mol. The third-order valence-corrected chi connectivity index (χ3v) is 18.6. The predicted molar refractivity (Wildman–Crippen MR) is 332 cm³/mol. The van der Waals surface area contributed by atoms with E-state index in [1.54, 1.807) is 0 Å². The average molecular weight is 1060 g/mol. The Labute approximate surface area is 473 Å². The van der Waals surface area contributed by atoms with Gasteiger partial charge < -0.3 is 18.3 Å². The van der Waals surface area contributed by atoms with Crippen molar-refractivity contribution < 1.29 is 0 Å². The minimum absolute atomic E-state index is 0.598. The van der Waals surface area contributed by atoms with Gasteiger partial charge in [0.1, 0.15) is 0 Å². The van der Waals surface area contributed by atoms with Gasteiger partial charge in [0.25, 0.3) is 0 Å². The number of nitriles is 1. The molecule has 6 aromatic heterocycles. The molecule has 0 bridgehead atoms. The van der Waals surface area contributed by atoms with Crippen LogP contribution in [0.15, 0.2) is 253 Å². The van der Waals surface area contributed by atoms with E-state index in [0.29, 0.717) is 11.3 Å². The van der Waals surface area contributed by atoms with Crippen LogP contribution in [0.3, 0.4) is 0 Å². The molecule has 0 unspecified atom stereocenters. The van der Waals surface area contributed by atoms with Crippen LogP contribution in [-0.2, 0) is 5.41 Å². The fourth-order valence-corrected chi connectivity index (χ4v) is 15.5. The van der Waals surface area contributed by atoms with Crippen molar-refractivity contribution in [3.63, 3.8) is 0 Å². The highest BCUT2D eigenvalue weighted by Crippen LogP contribution is 2.63. The van der Waals surface area contributed by atoms with Crippen LogP contribution in [0, 0.1) is 17.9 Å². The molecule has 2 aliphatic rings. The van der Waals surface area contributed by atoms with E-state index in [1.807, 2.05) is 48.4 Å². The third-order valence-electron chi connectivity index (χ3n) is 17.5. The van der Waals surface area contributed by atoms with Crippen molar-refractivity contribution in [3.05, 3.63) is 282 Å². The van der Waals surface area contributed by atoms with Crippen molar-refractivity contribution in [1.82, 2.24) is 28.2 Å². The third kappa shape index (κ3) is 5.88. The lowest BCUT2D eigenvalue weighted by Crippen LogP contribution is -2.32. The maximum Gasteiger partial charge on any atom is 0.188 e. The Balaban J connectivity index is 0.969. The van der Waals surface area contributed by atoms with Crippen LogP contribution in [0.5, 0.6) is 0 Å². The highest BCUT2D eigenvalue weighted by Gasteiger charge is 2.52. The summed E-state index contributed by atoms with van der Waals surface area (Å²) in [6.45, 7) is 7.97. The maximum atomic E-state index is 10.1. The van der Waals surface area contributed by atoms with Gasteiger partial charge in [0.15, 0.2) is 5.69 Å². The second kappa shape index (κ2) is 16.5. The van der Waals surface area contributed by atoms with Crippen molar-refractivity contribution >= 4 is 105 Å². The molecule has 0 atom stereocenters. The number of benzene rings is 10. The summed E-state index contributed by atoms with van der Waals surface area (Å²) in [5, 5.41) is 19.1. The quantitative estimate of drug-likeness (QED) is 0.165. The molecule has 18 rings (SSSR count). The molecule has 8 nitrogen and oxygen atoms in total. The van der Waals surface area contributed by atoms with Crippen LogP contribution < -0.4 is 0 Å². The van der Waals surface area contributed by atoms with Crippen LogP contribution in [-0.4, -0.2) is 28.2 Å². The normalized spacial score (nSPS) is 13.1. The maximum absolute atomic E-state index is 10.1. The van der Waals surface area contributed by atoms with Crippen LogP contribution in [0.1, 0.15) is 27.8 Å². The largest absolute Gasteiger partial charge is 0.309 e. The zero-order chi connectivity index (χ0) is 53.9. The van der Waals surface area contributed by atoms with Gasteiger partial charge in [-0.2, -0.15) is 5.26 Å². The molecule has 0 radical (unpaired) electrons. The highest BCUT2D eigenvalue weighted by molar-refractivity contribution is 7.99. The van der Waals surface area contributed by atoms with Crippen molar-refractivity contribution in [2.45, 2.75) is 15.2 Å². The highest BCUT2D eigenvalue weighted by atomic mass is 32.2. The smallest absolute Gasteiger partial charge is 0.188 e. The van der Waals surface area contributed by atoms with Crippen molar-refractivity contribution in [3.8, 4) is 40.2 Å². The van der Waals surface area contributed by atoms with Crippen molar-refractivity contribution in [2.75, 3.05) is 0 Å². The first-order valence-electron chi connectivity index (χ1n) is 27.4. The molecule has 82 heavy (non-hydrogen) atoms. The molecule has 0 N–H and O–H groups in total. The molecule has 0 fully saturated rings. The van der Waals surface area contributed by atoms with E-state index < -0.39 is 5.41 Å². The molecule has 0 saturated heterocycles. The number of rotatable bonds is 4. The van der Waals surface area contributed by atoms with Crippen LogP contribution in [0.25, 0.3) is 126 Å². The van der Waals surface area contributed by atoms with Crippen LogP contribution in [0.4, 0.5) is 5.69 Å². The first kappa shape index (κ1) is 45.0. The Morgan fingerprint density at radius 3 is 1.15 bits per heavy atom. The van der Waals surface area contributed by atoms with E-state index >= 15 is 0 Å². The van der Waals surface area contributed by atoms with Gasteiger partial charge in [-0.3, -0.25) is 9.97 Å². The number of aromatic nitrogens is 6. The molecule has 0 amide bonds. The molecule has 1 aliphatic carbocycles. The second-order valence-corrected chi connectivity index (χ2v) is 22.6. The Kier molecular flexibility index (Phi) is 9.07. The molecule has 0 saturated carbocycles. The van der Waals surface area contributed by atoms with E-state index in [9.17, 15) is 5.26 Å². The van der Waals surface area contributed by atoms with Gasteiger partial charge in [-0.1, -0.05) is 139 Å². The molecular weight excluding hydrogens is 1020 g/mol. The Morgan fingerprint density at radius 1 is 0.366 bits per heavy atom. The first-order valence-corrected chi connectivity index (χ1v) is 28.2. The summed E-state index contributed by atoms with van der Waals surface area (Å²) >= 11 is 1.83. The topological polar surface area (TPSA) is 73.7 Å². The summed E-state index contributed by atoms with van der Waals surface area (Å²) < 4.78 is 9.45. The summed E-state index contributed by atoms with van der Waals surface area (Å²) in [6.07, 6.45) is 4.00. The summed E-state index contributed by atoms with van der Waals surface area (Å²) in [5.41, 5.74) is 18.9. The molecule has 16 aromatic rings. The summed E-state index contributed by atoms with van der Waals surface area (Å²) in [6, 6.07) is 85.1. The lowest BCUT2D eigenvalue weighted by Gasteiger charge is -2.40. The molecule has 7 heterocycles. The lowest BCUT2D eigenvalue weighted by atomic mass is 9.67. The van der Waals surface area contributed by atoms with Gasteiger partial charge in [0, 0.05) is 70.0 Å². The van der Waals surface area contributed by atoms with E-state index in [-0.39, 0.29) is 0 Å². The standard InChI is InChI=1S/C73H40N8S/c1-75-44-27-33-68-56(35-44)54-19-7-13-25-66(54)81(68)48-37-60-72(77-42-48)71-59(36-47(41-76-71)80-65-24-12-6-18-53(65)55-34-43(40-74)26-32-67(55)80)73(60)57-30-28-45(78-61-20-8-2-14-49(61)50-15-3-9-21-62(50)78)38-69(57)82-70-39-46(29-31-58(70)73)79-63-22-10-4-16-51(63)52-17-5-11-23-64(52)79/h2-39,41-42H. The average Bonchev–Trinajstić information content (AvgIpc) is 1.59. The SMILES string of the molecule is [C-]#[N+]c1ccc2c(c1)c1ccccc1n2-c1cnc2c(c1)C1(c3ccc(-n4c5ccccc5c5ccccc54)cc3Sc3cc(-n4c5ccccc5c5ccccc54)ccc31)c1cc(-n3c4ccccc4c4cc(C#N)ccc43)cnc1-2. The van der Waals surface area contributed by atoms with E-state index in [0.717, 1.165) is 132 Å². The Bertz CT molecular complexity index is 5170. The summed E-state index contributed by atoms with van der Waals surface area (Å²) in [5.74, 6) is 0. The Hall–Kier alpha value is -11.0. The lowest BCUT2D eigenvalue weighted by molar-refractivity contribution is 0.716. The first-order chi connectivity index (χ1) is 40.6. The number of pyridine rings is 2.